The monoisotopic (exact) mass is 342 g/mol. The van der Waals surface area contributed by atoms with E-state index in [1.165, 1.54) is 15.5 Å². The van der Waals surface area contributed by atoms with Crippen LogP contribution in [-0.4, -0.2) is 39.0 Å². The van der Waals surface area contributed by atoms with E-state index >= 15 is 0 Å². The molecule has 2 rings (SSSR count). The predicted molar refractivity (Wildman–Crippen MR) is 75.3 cm³/mol. The van der Waals surface area contributed by atoms with Crippen molar-refractivity contribution in [1.82, 2.24) is 9.47 Å². The molecule has 1 aromatic heterocycles. The summed E-state index contributed by atoms with van der Waals surface area (Å²) in [4.78, 5) is 36.4. The van der Waals surface area contributed by atoms with Gasteiger partial charge in [0.15, 0.2) is 0 Å². The Morgan fingerprint density at radius 3 is 2.75 bits per heavy atom. The van der Waals surface area contributed by atoms with Crippen LogP contribution >= 0.6 is 15.9 Å². The van der Waals surface area contributed by atoms with Crippen LogP contribution in [0.4, 0.5) is 0 Å². The van der Waals surface area contributed by atoms with Crippen LogP contribution in [0.5, 0.6) is 0 Å². The fourth-order valence-corrected chi connectivity index (χ4v) is 2.86. The maximum Gasteiger partial charge on any atom is 0.308 e. The molecule has 2 atom stereocenters. The van der Waals surface area contributed by atoms with Gasteiger partial charge in [0.05, 0.1) is 5.92 Å². The Morgan fingerprint density at radius 1 is 1.45 bits per heavy atom. The lowest BCUT2D eigenvalue weighted by Gasteiger charge is -2.23. The van der Waals surface area contributed by atoms with Gasteiger partial charge in [-0.15, -0.1) is 0 Å². The van der Waals surface area contributed by atoms with Crippen LogP contribution in [0.25, 0.3) is 0 Å². The van der Waals surface area contributed by atoms with Gasteiger partial charge < -0.3 is 14.6 Å². The number of carboxylic acids is 1. The molecule has 6 nitrogen and oxygen atoms in total. The Bertz CT molecular complexity index is 598. The maximum atomic E-state index is 12.2. The molecule has 1 amide bonds. The molecule has 20 heavy (non-hydrogen) atoms. The third-order valence-corrected chi connectivity index (χ3v) is 4.11. The number of halogens is 1. The summed E-state index contributed by atoms with van der Waals surface area (Å²) < 4.78 is 2.02. The molecule has 7 heteroatoms. The quantitative estimate of drug-likeness (QED) is 0.886. The number of amides is 1. The lowest BCUT2D eigenvalue weighted by Crippen LogP contribution is -2.40. The van der Waals surface area contributed by atoms with Crippen molar-refractivity contribution in [3.63, 3.8) is 0 Å². The van der Waals surface area contributed by atoms with Crippen molar-refractivity contribution in [1.29, 1.82) is 0 Å². The number of hydrogen-bond donors (Lipinski definition) is 1. The summed E-state index contributed by atoms with van der Waals surface area (Å²) >= 11 is 3.25. The molecule has 0 spiro atoms. The minimum absolute atomic E-state index is 0.0745. The van der Waals surface area contributed by atoms with Crippen LogP contribution in [0.3, 0.4) is 0 Å². The first kappa shape index (κ1) is 14.8. The van der Waals surface area contributed by atoms with Crippen molar-refractivity contribution in [3.05, 3.63) is 33.2 Å². The van der Waals surface area contributed by atoms with Crippen molar-refractivity contribution in [2.24, 2.45) is 5.92 Å². The molecule has 108 valence electrons. The lowest BCUT2D eigenvalue weighted by molar-refractivity contribution is -0.143. The van der Waals surface area contributed by atoms with Crippen molar-refractivity contribution in [3.8, 4) is 0 Å². The third-order valence-electron chi connectivity index (χ3n) is 3.65. The van der Waals surface area contributed by atoms with Crippen LogP contribution < -0.4 is 5.56 Å². The highest BCUT2D eigenvalue weighted by molar-refractivity contribution is 9.10. The first-order valence-corrected chi connectivity index (χ1v) is 7.07. The van der Waals surface area contributed by atoms with Crippen LogP contribution in [0, 0.1) is 5.92 Å². The van der Waals surface area contributed by atoms with E-state index in [9.17, 15) is 14.4 Å². The molecule has 1 aromatic rings. The molecule has 1 fully saturated rings. The molecule has 1 saturated heterocycles. The molecular formula is C13H15BrN2O4. The van der Waals surface area contributed by atoms with Gasteiger partial charge in [0.25, 0.3) is 5.56 Å². The first-order valence-electron chi connectivity index (χ1n) is 6.28. The van der Waals surface area contributed by atoms with Gasteiger partial charge in [-0.25, -0.2) is 0 Å². The molecule has 0 aromatic carbocycles. The standard InChI is InChI=1S/C13H15BrN2O4/c1-8-10(13(19)20)4-5-16(8)12(18)7-15-6-9(14)2-3-11(15)17/h2-3,6,8,10H,4-5,7H2,1H3,(H,19,20). The Balaban J connectivity index is 2.11. The van der Waals surface area contributed by atoms with Crippen LogP contribution in [0.2, 0.25) is 0 Å². The zero-order chi connectivity index (χ0) is 14.9. The summed E-state index contributed by atoms with van der Waals surface area (Å²) in [6.45, 7) is 2.07. The smallest absolute Gasteiger partial charge is 0.308 e. The van der Waals surface area contributed by atoms with Gasteiger partial charge in [-0.1, -0.05) is 0 Å². The third kappa shape index (κ3) is 2.92. The second-order valence-corrected chi connectivity index (χ2v) is 5.79. The average molecular weight is 343 g/mol. The van der Waals surface area contributed by atoms with Gasteiger partial charge in [-0.05, 0) is 35.3 Å². The number of nitrogens with zero attached hydrogens (tertiary/aromatic N) is 2. The Morgan fingerprint density at radius 2 is 2.15 bits per heavy atom. The fraction of sp³-hybridized carbons (Fsp3) is 0.462. The van der Waals surface area contributed by atoms with Crippen LogP contribution in [0.1, 0.15) is 13.3 Å². The summed E-state index contributed by atoms with van der Waals surface area (Å²) in [5.74, 6) is -1.65. The first-order chi connectivity index (χ1) is 9.40. The number of rotatable bonds is 3. The van der Waals surface area contributed by atoms with E-state index in [1.54, 1.807) is 19.2 Å². The van der Waals surface area contributed by atoms with Crippen molar-refractivity contribution in [2.75, 3.05) is 6.54 Å². The fourth-order valence-electron chi connectivity index (χ4n) is 2.48. The average Bonchev–Trinajstić information content (AvgIpc) is 2.76. The Kier molecular flexibility index (Phi) is 4.27. The summed E-state index contributed by atoms with van der Waals surface area (Å²) in [6, 6.07) is 2.65. The number of carbonyl (C=O) groups is 2. The SMILES string of the molecule is CC1C(C(=O)O)CCN1C(=O)Cn1cc(Br)ccc1=O. The van der Waals surface area contributed by atoms with Crippen LogP contribution in [0.15, 0.2) is 27.6 Å². The molecular weight excluding hydrogens is 328 g/mol. The van der Waals surface area contributed by atoms with Gasteiger partial charge in [-0.2, -0.15) is 0 Å². The second kappa shape index (κ2) is 5.78. The molecule has 1 N–H and O–H groups in total. The minimum Gasteiger partial charge on any atom is -0.481 e. The summed E-state index contributed by atoms with van der Waals surface area (Å²) in [5, 5.41) is 9.05. The van der Waals surface area contributed by atoms with Crippen molar-refractivity contribution >= 4 is 27.8 Å². The van der Waals surface area contributed by atoms with E-state index in [2.05, 4.69) is 15.9 Å². The number of aromatic nitrogens is 1. The maximum absolute atomic E-state index is 12.2. The van der Waals surface area contributed by atoms with Crippen LogP contribution in [-0.2, 0) is 16.1 Å². The van der Waals surface area contributed by atoms with Gasteiger partial charge in [0.1, 0.15) is 6.54 Å². The zero-order valence-electron chi connectivity index (χ0n) is 11.0. The molecule has 0 radical (unpaired) electrons. The van der Waals surface area contributed by atoms with Gasteiger partial charge in [0.2, 0.25) is 5.91 Å². The van der Waals surface area contributed by atoms with Crippen molar-refractivity contribution < 1.29 is 14.7 Å². The van der Waals surface area contributed by atoms with E-state index in [4.69, 9.17) is 5.11 Å². The van der Waals surface area contributed by atoms with E-state index in [0.29, 0.717) is 17.4 Å². The Hall–Kier alpha value is -1.63. The number of carbonyl (C=O) groups excluding carboxylic acids is 1. The molecule has 0 bridgehead atoms. The van der Waals surface area contributed by atoms with Gasteiger partial charge >= 0.3 is 5.97 Å². The van der Waals surface area contributed by atoms with E-state index < -0.39 is 11.9 Å². The minimum atomic E-state index is -0.882. The summed E-state index contributed by atoms with van der Waals surface area (Å²) in [7, 11) is 0. The zero-order valence-corrected chi connectivity index (χ0v) is 12.5. The molecule has 0 aliphatic carbocycles. The van der Waals surface area contributed by atoms with E-state index in [0.717, 1.165) is 0 Å². The van der Waals surface area contributed by atoms with E-state index in [-0.39, 0.29) is 24.1 Å². The highest BCUT2D eigenvalue weighted by Crippen LogP contribution is 2.24. The molecule has 2 heterocycles. The molecule has 1 aliphatic rings. The summed E-state index contributed by atoms with van der Waals surface area (Å²) in [6.07, 6.45) is 2.01. The highest BCUT2D eigenvalue weighted by Gasteiger charge is 2.37. The Labute approximate surface area is 124 Å². The number of carboxylic acid groups (broad SMARTS) is 1. The molecule has 1 aliphatic heterocycles. The van der Waals surface area contributed by atoms with Crippen molar-refractivity contribution in [2.45, 2.75) is 25.9 Å². The number of pyridine rings is 1. The van der Waals surface area contributed by atoms with Gasteiger partial charge in [-0.3, -0.25) is 14.4 Å². The number of hydrogen-bond acceptors (Lipinski definition) is 3. The molecule has 2 unspecified atom stereocenters. The summed E-state index contributed by atoms with van der Waals surface area (Å²) in [5.41, 5.74) is -0.261. The topological polar surface area (TPSA) is 79.6 Å². The second-order valence-electron chi connectivity index (χ2n) is 4.87. The lowest BCUT2D eigenvalue weighted by atomic mass is 10.0. The van der Waals surface area contributed by atoms with Gasteiger partial charge in [0, 0.05) is 29.3 Å². The number of likely N-dealkylation sites (tertiary alicyclic amines) is 1. The van der Waals surface area contributed by atoms with E-state index in [1.807, 2.05) is 0 Å². The highest BCUT2D eigenvalue weighted by atomic mass is 79.9. The largest absolute Gasteiger partial charge is 0.481 e. The number of aliphatic carboxylic acids is 1. The predicted octanol–water partition coefficient (Wildman–Crippen LogP) is 0.932. The normalized spacial score (nSPS) is 22.0. The molecule has 0 saturated carbocycles.